The Kier molecular flexibility index (Phi) is 5.11. The standard InChI is InChI=1S/C18H18O5/c1-4-14(19)16(18(21)22-5-2)11(3)13-10-23-15-9-7-6-8-12(15)17(13)20/h6-10H,4-5H2,1-3H3/b16-11-. The Balaban J connectivity index is 2.69. The molecule has 0 radical (unpaired) electrons. The van der Waals surface area contributed by atoms with E-state index in [1.165, 1.54) is 6.26 Å². The number of rotatable bonds is 5. The van der Waals surface area contributed by atoms with E-state index in [1.807, 2.05) is 0 Å². The number of ketones is 1. The fraction of sp³-hybridized carbons (Fsp3) is 0.278. The number of benzene rings is 1. The third kappa shape index (κ3) is 3.23. The van der Waals surface area contributed by atoms with Crippen LogP contribution in [0.3, 0.4) is 0 Å². The lowest BCUT2D eigenvalue weighted by Gasteiger charge is -2.10. The number of Topliss-reactive ketones (excluding diaryl/α,β-unsaturated/α-hetero) is 1. The second-order valence-corrected chi connectivity index (χ2v) is 4.97. The largest absolute Gasteiger partial charge is 0.463 e. The number of ether oxygens (including phenoxy) is 1. The first-order chi connectivity index (χ1) is 11.0. The maximum atomic E-state index is 12.6. The lowest BCUT2D eigenvalue weighted by Crippen LogP contribution is -2.19. The van der Waals surface area contributed by atoms with E-state index in [0.717, 1.165) is 0 Å². The number of hydrogen-bond acceptors (Lipinski definition) is 5. The highest BCUT2D eigenvalue weighted by Gasteiger charge is 2.23. The summed E-state index contributed by atoms with van der Waals surface area (Å²) in [5, 5.41) is 0.400. The summed E-state index contributed by atoms with van der Waals surface area (Å²) in [4.78, 5) is 36.8. The zero-order chi connectivity index (χ0) is 17.0. The number of hydrogen-bond donors (Lipinski definition) is 0. The van der Waals surface area contributed by atoms with Gasteiger partial charge >= 0.3 is 5.97 Å². The lowest BCUT2D eigenvalue weighted by molar-refractivity contribution is -0.139. The molecule has 120 valence electrons. The van der Waals surface area contributed by atoms with E-state index in [0.29, 0.717) is 11.0 Å². The fourth-order valence-corrected chi connectivity index (χ4v) is 2.33. The second-order valence-electron chi connectivity index (χ2n) is 4.97. The van der Waals surface area contributed by atoms with Gasteiger partial charge in [0.15, 0.2) is 11.2 Å². The Bertz CT molecular complexity index is 842. The van der Waals surface area contributed by atoms with Crippen LogP contribution in [0.2, 0.25) is 0 Å². The highest BCUT2D eigenvalue weighted by molar-refractivity contribution is 6.22. The third-order valence-electron chi connectivity index (χ3n) is 3.54. The Morgan fingerprint density at radius 2 is 1.87 bits per heavy atom. The number of carbonyl (C=O) groups excluding carboxylic acids is 2. The third-order valence-corrected chi connectivity index (χ3v) is 3.54. The molecular formula is C18H18O5. The molecule has 0 aliphatic heterocycles. The summed E-state index contributed by atoms with van der Waals surface area (Å²) in [5.74, 6) is -1.09. The summed E-state index contributed by atoms with van der Waals surface area (Å²) in [6.45, 7) is 5.02. The van der Waals surface area contributed by atoms with E-state index in [4.69, 9.17) is 9.15 Å². The molecule has 2 rings (SSSR count). The highest BCUT2D eigenvalue weighted by Crippen LogP contribution is 2.21. The first-order valence-electron chi connectivity index (χ1n) is 7.43. The minimum absolute atomic E-state index is 0.100. The molecule has 0 amide bonds. The van der Waals surface area contributed by atoms with Crippen LogP contribution in [-0.2, 0) is 14.3 Å². The van der Waals surface area contributed by atoms with Gasteiger partial charge in [0.25, 0.3) is 0 Å². The first-order valence-corrected chi connectivity index (χ1v) is 7.43. The summed E-state index contributed by atoms with van der Waals surface area (Å²) in [7, 11) is 0. The van der Waals surface area contributed by atoms with Crippen molar-refractivity contribution in [1.29, 1.82) is 0 Å². The van der Waals surface area contributed by atoms with Crippen molar-refractivity contribution in [3.8, 4) is 0 Å². The topological polar surface area (TPSA) is 73.6 Å². The maximum absolute atomic E-state index is 12.6. The van der Waals surface area contributed by atoms with Gasteiger partial charge < -0.3 is 9.15 Å². The molecule has 5 nitrogen and oxygen atoms in total. The van der Waals surface area contributed by atoms with Crippen molar-refractivity contribution in [1.82, 2.24) is 0 Å². The van der Waals surface area contributed by atoms with Crippen molar-refractivity contribution in [2.75, 3.05) is 6.61 Å². The molecule has 0 bridgehead atoms. The molecular weight excluding hydrogens is 296 g/mol. The van der Waals surface area contributed by atoms with Crippen LogP contribution in [0.1, 0.15) is 32.8 Å². The molecule has 0 saturated carbocycles. The molecule has 0 saturated heterocycles. The highest BCUT2D eigenvalue weighted by atomic mass is 16.5. The Labute approximate surface area is 133 Å². The fourth-order valence-electron chi connectivity index (χ4n) is 2.33. The first kappa shape index (κ1) is 16.7. The van der Waals surface area contributed by atoms with Crippen molar-refractivity contribution >= 4 is 28.3 Å². The molecule has 0 atom stereocenters. The van der Waals surface area contributed by atoms with Crippen LogP contribution in [0.4, 0.5) is 0 Å². The summed E-state index contributed by atoms with van der Waals surface area (Å²) in [6, 6.07) is 6.82. The van der Waals surface area contributed by atoms with Gasteiger partial charge in [-0.2, -0.15) is 0 Å². The van der Waals surface area contributed by atoms with Crippen molar-refractivity contribution in [3.05, 3.63) is 51.9 Å². The van der Waals surface area contributed by atoms with E-state index < -0.39 is 5.97 Å². The zero-order valence-electron chi connectivity index (χ0n) is 13.3. The van der Waals surface area contributed by atoms with Crippen molar-refractivity contribution in [2.24, 2.45) is 0 Å². The smallest absolute Gasteiger partial charge is 0.342 e. The van der Waals surface area contributed by atoms with Gasteiger partial charge in [0.2, 0.25) is 0 Å². The van der Waals surface area contributed by atoms with Crippen molar-refractivity contribution in [3.63, 3.8) is 0 Å². The second kappa shape index (κ2) is 7.05. The van der Waals surface area contributed by atoms with Crippen molar-refractivity contribution in [2.45, 2.75) is 27.2 Å². The summed E-state index contributed by atoms with van der Waals surface area (Å²) in [6.07, 6.45) is 1.42. The van der Waals surface area contributed by atoms with Gasteiger partial charge in [-0.05, 0) is 31.6 Å². The number of esters is 1. The van der Waals surface area contributed by atoms with Crippen molar-refractivity contribution < 1.29 is 18.7 Å². The molecule has 0 N–H and O–H groups in total. The van der Waals surface area contributed by atoms with Gasteiger partial charge in [0.1, 0.15) is 17.4 Å². The van der Waals surface area contributed by atoms with Gasteiger partial charge in [-0.15, -0.1) is 0 Å². The van der Waals surface area contributed by atoms with Crippen LogP contribution in [-0.4, -0.2) is 18.4 Å². The van der Waals surface area contributed by atoms with Gasteiger partial charge in [0, 0.05) is 6.42 Å². The quantitative estimate of drug-likeness (QED) is 0.367. The zero-order valence-corrected chi connectivity index (χ0v) is 13.3. The molecule has 0 aliphatic rings. The van der Waals surface area contributed by atoms with Crippen LogP contribution in [0.25, 0.3) is 16.5 Å². The minimum Gasteiger partial charge on any atom is -0.463 e. The van der Waals surface area contributed by atoms with E-state index in [1.54, 1.807) is 45.0 Å². The average Bonchev–Trinajstić information content (AvgIpc) is 2.55. The molecule has 1 heterocycles. The van der Waals surface area contributed by atoms with E-state index >= 15 is 0 Å². The number of fused-ring (bicyclic) bond motifs is 1. The molecule has 1 aromatic heterocycles. The summed E-state index contributed by atoms with van der Waals surface area (Å²) < 4.78 is 10.4. The van der Waals surface area contributed by atoms with Crippen LogP contribution in [0.5, 0.6) is 0 Å². The monoisotopic (exact) mass is 314 g/mol. The average molecular weight is 314 g/mol. The van der Waals surface area contributed by atoms with E-state index in [9.17, 15) is 14.4 Å². The predicted octanol–water partition coefficient (Wildman–Crippen LogP) is 3.11. The normalized spacial score (nSPS) is 12.0. The molecule has 0 spiro atoms. The molecule has 1 aromatic carbocycles. The molecule has 0 unspecified atom stereocenters. The number of carbonyl (C=O) groups is 2. The molecule has 0 fully saturated rings. The molecule has 23 heavy (non-hydrogen) atoms. The summed E-state index contributed by atoms with van der Waals surface area (Å²) >= 11 is 0. The van der Waals surface area contributed by atoms with Gasteiger partial charge in [-0.1, -0.05) is 19.1 Å². The van der Waals surface area contributed by atoms with Gasteiger partial charge in [-0.25, -0.2) is 4.79 Å². The number of para-hydroxylation sites is 1. The summed E-state index contributed by atoms with van der Waals surface area (Å²) in [5.41, 5.74) is 0.531. The van der Waals surface area contributed by atoms with E-state index in [-0.39, 0.29) is 40.9 Å². The van der Waals surface area contributed by atoms with Crippen LogP contribution >= 0.6 is 0 Å². The Morgan fingerprint density at radius 1 is 1.17 bits per heavy atom. The van der Waals surface area contributed by atoms with Crippen LogP contribution < -0.4 is 5.43 Å². The maximum Gasteiger partial charge on any atom is 0.342 e. The number of allylic oxidation sites excluding steroid dienone is 1. The minimum atomic E-state index is -0.718. The molecule has 5 heteroatoms. The van der Waals surface area contributed by atoms with Gasteiger partial charge in [-0.3, -0.25) is 9.59 Å². The van der Waals surface area contributed by atoms with Crippen LogP contribution in [0.15, 0.2) is 45.3 Å². The van der Waals surface area contributed by atoms with E-state index in [2.05, 4.69) is 0 Å². The van der Waals surface area contributed by atoms with Crippen LogP contribution in [0, 0.1) is 0 Å². The Hall–Kier alpha value is -2.69. The SMILES string of the molecule is CCOC(=O)/C(C(=O)CC)=C(/C)c1coc2ccccc2c1=O. The Morgan fingerprint density at radius 3 is 2.52 bits per heavy atom. The van der Waals surface area contributed by atoms with Gasteiger partial charge in [0.05, 0.1) is 17.6 Å². The predicted molar refractivity (Wildman–Crippen MR) is 87.0 cm³/mol. The molecule has 2 aromatic rings. The molecule has 0 aliphatic carbocycles. The lowest BCUT2D eigenvalue weighted by atomic mass is 9.97.